The van der Waals surface area contributed by atoms with E-state index in [0.29, 0.717) is 31.1 Å². The van der Waals surface area contributed by atoms with E-state index in [9.17, 15) is 13.2 Å². The summed E-state index contributed by atoms with van der Waals surface area (Å²) in [4.78, 5) is 16.9. The minimum absolute atomic E-state index is 0.0263. The Kier molecular flexibility index (Phi) is 8.58. The molecule has 2 atom stereocenters. The second kappa shape index (κ2) is 11.0. The van der Waals surface area contributed by atoms with Gasteiger partial charge in [0.15, 0.2) is 0 Å². The van der Waals surface area contributed by atoms with Gasteiger partial charge in [0.05, 0.1) is 17.5 Å². The molecule has 2 aliphatic heterocycles. The summed E-state index contributed by atoms with van der Waals surface area (Å²) < 4.78 is 38.5. The van der Waals surface area contributed by atoms with Crippen LogP contribution in [0.2, 0.25) is 5.02 Å². The van der Waals surface area contributed by atoms with E-state index >= 15 is 0 Å². The molecule has 0 aliphatic carbocycles. The van der Waals surface area contributed by atoms with Crippen LogP contribution in [-0.4, -0.2) is 93.7 Å². The quantitative estimate of drug-likeness (QED) is 0.605. The number of benzene rings is 1. The summed E-state index contributed by atoms with van der Waals surface area (Å²) in [5.41, 5.74) is 0. The maximum Gasteiger partial charge on any atom is 0.410 e. The van der Waals surface area contributed by atoms with Gasteiger partial charge in [-0.3, -0.25) is 4.90 Å². The van der Waals surface area contributed by atoms with Gasteiger partial charge in [0, 0.05) is 50.9 Å². The van der Waals surface area contributed by atoms with Crippen LogP contribution in [0, 0.1) is 0 Å². The standard InChI is InChI=1S/C21H32ClN3O5S/c1-17-15-23(13-14-29-2)11-12-24(17)21(26)30-16-19-5-3-4-10-25(19)31(27,28)20-8-6-18(22)7-9-20/h6-9,17,19H,3-5,10-16H2,1-2H3/t17-,19-/m0/s1. The van der Waals surface area contributed by atoms with Crippen molar-refractivity contribution in [1.82, 2.24) is 14.1 Å². The second-order valence-electron chi connectivity index (χ2n) is 8.13. The van der Waals surface area contributed by atoms with Gasteiger partial charge in [-0.05, 0) is 44.0 Å². The average molecular weight is 474 g/mol. The zero-order valence-electron chi connectivity index (χ0n) is 18.2. The third-order valence-electron chi connectivity index (χ3n) is 5.95. The van der Waals surface area contributed by atoms with Gasteiger partial charge in [-0.1, -0.05) is 18.0 Å². The van der Waals surface area contributed by atoms with E-state index < -0.39 is 10.0 Å². The molecule has 0 N–H and O–H groups in total. The first-order valence-corrected chi connectivity index (χ1v) is 12.6. The molecule has 0 radical (unpaired) electrons. The molecule has 31 heavy (non-hydrogen) atoms. The molecule has 0 spiro atoms. The molecule has 2 saturated heterocycles. The van der Waals surface area contributed by atoms with E-state index in [4.69, 9.17) is 21.1 Å². The van der Waals surface area contributed by atoms with Gasteiger partial charge in [0.25, 0.3) is 0 Å². The van der Waals surface area contributed by atoms with E-state index in [1.165, 1.54) is 16.4 Å². The molecule has 2 fully saturated rings. The van der Waals surface area contributed by atoms with Crippen LogP contribution >= 0.6 is 11.6 Å². The molecule has 0 unspecified atom stereocenters. The highest BCUT2D eigenvalue weighted by Gasteiger charge is 2.35. The Morgan fingerprint density at radius 2 is 1.90 bits per heavy atom. The van der Waals surface area contributed by atoms with Gasteiger partial charge < -0.3 is 14.4 Å². The van der Waals surface area contributed by atoms with Crippen LogP contribution in [-0.2, 0) is 19.5 Å². The smallest absolute Gasteiger partial charge is 0.410 e. The lowest BCUT2D eigenvalue weighted by Crippen LogP contribution is -2.55. The first-order valence-electron chi connectivity index (χ1n) is 10.7. The number of ether oxygens (including phenoxy) is 2. The van der Waals surface area contributed by atoms with Crippen molar-refractivity contribution in [2.45, 2.75) is 43.2 Å². The van der Waals surface area contributed by atoms with Gasteiger partial charge in [-0.2, -0.15) is 4.31 Å². The maximum atomic E-state index is 13.1. The molecule has 1 aromatic rings. The maximum absolute atomic E-state index is 13.1. The summed E-state index contributed by atoms with van der Waals surface area (Å²) in [5.74, 6) is 0. The van der Waals surface area contributed by atoms with E-state index in [2.05, 4.69) is 4.90 Å². The normalized spacial score (nSPS) is 23.6. The van der Waals surface area contributed by atoms with E-state index in [1.807, 2.05) is 6.92 Å². The lowest BCUT2D eigenvalue weighted by Gasteiger charge is -2.39. The Morgan fingerprint density at radius 3 is 2.58 bits per heavy atom. The number of amides is 1. The van der Waals surface area contributed by atoms with Gasteiger partial charge in [-0.15, -0.1) is 0 Å². The number of methoxy groups -OCH3 is 1. The van der Waals surface area contributed by atoms with Crippen LogP contribution in [0.5, 0.6) is 0 Å². The number of halogens is 1. The molecule has 2 heterocycles. The Bertz CT molecular complexity index is 836. The number of rotatable bonds is 7. The molecule has 8 nitrogen and oxygen atoms in total. The number of nitrogens with zero attached hydrogens (tertiary/aromatic N) is 3. The highest BCUT2D eigenvalue weighted by molar-refractivity contribution is 7.89. The van der Waals surface area contributed by atoms with Crippen molar-refractivity contribution in [3.8, 4) is 0 Å². The molecule has 174 valence electrons. The van der Waals surface area contributed by atoms with Crippen LogP contribution in [0.25, 0.3) is 0 Å². The Balaban J connectivity index is 1.59. The molecule has 1 amide bonds. The summed E-state index contributed by atoms with van der Waals surface area (Å²) in [5, 5.41) is 0.486. The fraction of sp³-hybridized carbons (Fsp3) is 0.667. The molecule has 0 bridgehead atoms. The Hall–Kier alpha value is -1.39. The molecule has 2 aliphatic rings. The SMILES string of the molecule is COCCN1CCN(C(=O)OC[C@@H]2CCCCN2S(=O)(=O)c2ccc(Cl)cc2)[C@@H](C)C1. The summed E-state index contributed by atoms with van der Waals surface area (Å²) >= 11 is 5.90. The first kappa shape index (κ1) is 24.3. The number of hydrogen-bond acceptors (Lipinski definition) is 6. The monoisotopic (exact) mass is 473 g/mol. The number of carbonyl (C=O) groups excluding carboxylic acids is 1. The molecule has 0 saturated carbocycles. The molecule has 0 aromatic heterocycles. The lowest BCUT2D eigenvalue weighted by molar-refractivity contribution is 0.0325. The van der Waals surface area contributed by atoms with Crippen molar-refractivity contribution in [3.05, 3.63) is 29.3 Å². The summed E-state index contributed by atoms with van der Waals surface area (Å²) in [6.07, 6.45) is 1.98. The fourth-order valence-electron chi connectivity index (χ4n) is 4.18. The summed E-state index contributed by atoms with van der Waals surface area (Å²) in [6, 6.07) is 5.83. The number of hydrogen-bond donors (Lipinski definition) is 0. The minimum Gasteiger partial charge on any atom is -0.448 e. The predicted molar refractivity (Wildman–Crippen MR) is 119 cm³/mol. The van der Waals surface area contributed by atoms with Crippen LogP contribution in [0.3, 0.4) is 0 Å². The highest BCUT2D eigenvalue weighted by atomic mass is 35.5. The zero-order valence-corrected chi connectivity index (χ0v) is 19.8. The van der Waals surface area contributed by atoms with Crippen LogP contribution < -0.4 is 0 Å². The van der Waals surface area contributed by atoms with Crippen LogP contribution in [0.1, 0.15) is 26.2 Å². The Morgan fingerprint density at radius 1 is 1.16 bits per heavy atom. The first-order chi connectivity index (χ1) is 14.8. The third-order valence-corrected chi connectivity index (χ3v) is 8.17. The average Bonchev–Trinajstić information content (AvgIpc) is 2.76. The molecule has 10 heteroatoms. The van der Waals surface area contributed by atoms with Gasteiger partial charge in [0.1, 0.15) is 6.61 Å². The number of piperidine rings is 1. The molecule has 1 aromatic carbocycles. The lowest BCUT2D eigenvalue weighted by atomic mass is 10.1. The summed E-state index contributed by atoms with van der Waals surface area (Å²) in [6.45, 7) is 6.09. The third kappa shape index (κ3) is 6.10. The van der Waals surface area contributed by atoms with Crippen molar-refractivity contribution in [1.29, 1.82) is 0 Å². The van der Waals surface area contributed by atoms with Gasteiger partial charge >= 0.3 is 6.09 Å². The van der Waals surface area contributed by atoms with Crippen molar-refractivity contribution in [3.63, 3.8) is 0 Å². The Labute approximate surface area is 190 Å². The summed E-state index contributed by atoms with van der Waals surface area (Å²) in [7, 11) is -2.00. The predicted octanol–water partition coefficient (Wildman–Crippen LogP) is 2.67. The van der Waals surface area contributed by atoms with Crippen molar-refractivity contribution in [2.24, 2.45) is 0 Å². The largest absolute Gasteiger partial charge is 0.448 e. The van der Waals surface area contributed by atoms with Crippen LogP contribution in [0.4, 0.5) is 4.79 Å². The fourth-order valence-corrected chi connectivity index (χ4v) is 5.98. The minimum atomic E-state index is -3.68. The van der Waals surface area contributed by atoms with E-state index in [0.717, 1.165) is 32.5 Å². The second-order valence-corrected chi connectivity index (χ2v) is 10.5. The topological polar surface area (TPSA) is 79.4 Å². The zero-order chi connectivity index (χ0) is 22.4. The van der Waals surface area contributed by atoms with Crippen molar-refractivity contribution in [2.75, 3.05) is 53.0 Å². The number of piperazine rings is 1. The van der Waals surface area contributed by atoms with Crippen molar-refractivity contribution >= 4 is 27.7 Å². The highest BCUT2D eigenvalue weighted by Crippen LogP contribution is 2.26. The van der Waals surface area contributed by atoms with Crippen LogP contribution in [0.15, 0.2) is 29.2 Å². The molecular weight excluding hydrogens is 442 g/mol. The molecule has 3 rings (SSSR count). The molecular formula is C21H32ClN3O5S. The van der Waals surface area contributed by atoms with E-state index in [1.54, 1.807) is 24.1 Å². The van der Waals surface area contributed by atoms with Gasteiger partial charge in [0.2, 0.25) is 10.0 Å². The van der Waals surface area contributed by atoms with E-state index in [-0.39, 0.29) is 29.7 Å². The van der Waals surface area contributed by atoms with Gasteiger partial charge in [-0.25, -0.2) is 13.2 Å². The number of sulfonamides is 1. The van der Waals surface area contributed by atoms with Crippen molar-refractivity contribution < 1.29 is 22.7 Å². The number of carbonyl (C=O) groups is 1.